The maximum absolute atomic E-state index is 12.4. The van der Waals surface area contributed by atoms with Crippen LogP contribution < -0.4 is 5.56 Å². The zero-order chi connectivity index (χ0) is 15.4. The van der Waals surface area contributed by atoms with Crippen molar-refractivity contribution in [1.82, 2.24) is 9.47 Å². The van der Waals surface area contributed by atoms with E-state index in [9.17, 15) is 9.59 Å². The molecule has 1 aromatic heterocycles. The number of amides is 1. The second kappa shape index (κ2) is 4.87. The van der Waals surface area contributed by atoms with Gasteiger partial charge in [-0.2, -0.15) is 0 Å². The van der Waals surface area contributed by atoms with E-state index in [2.05, 4.69) is 15.9 Å². The van der Waals surface area contributed by atoms with Gasteiger partial charge in [0.1, 0.15) is 5.60 Å². The van der Waals surface area contributed by atoms with Crippen molar-refractivity contribution < 1.29 is 9.53 Å². The summed E-state index contributed by atoms with van der Waals surface area (Å²) in [5.74, 6) is 0.321. The van der Waals surface area contributed by atoms with Gasteiger partial charge in [-0.3, -0.25) is 9.69 Å². The van der Waals surface area contributed by atoms with Crippen molar-refractivity contribution in [2.24, 2.45) is 5.92 Å². The molecule has 5 nitrogen and oxygen atoms in total. The monoisotopic (exact) mass is 354 g/mol. The second-order valence-electron chi connectivity index (χ2n) is 6.77. The molecule has 0 spiro atoms. The molecule has 0 N–H and O–H groups in total. The first-order valence-corrected chi connectivity index (χ1v) is 7.94. The first-order valence-electron chi connectivity index (χ1n) is 7.15. The van der Waals surface area contributed by atoms with Crippen molar-refractivity contribution in [2.45, 2.75) is 45.4 Å². The quantitative estimate of drug-likeness (QED) is 0.719. The number of ether oxygens (including phenoxy) is 1. The molecule has 3 rings (SSSR count). The van der Waals surface area contributed by atoms with Gasteiger partial charge in [-0.25, -0.2) is 4.79 Å². The molecular weight excluding hydrogens is 336 g/mol. The van der Waals surface area contributed by atoms with E-state index < -0.39 is 5.60 Å². The number of likely N-dealkylation sites (tertiary alicyclic amines) is 1. The Morgan fingerprint density at radius 2 is 2.05 bits per heavy atom. The van der Waals surface area contributed by atoms with E-state index in [1.807, 2.05) is 26.8 Å². The number of carbonyl (C=O) groups excluding carboxylic acids is 1. The predicted molar refractivity (Wildman–Crippen MR) is 82.2 cm³/mol. The minimum absolute atomic E-state index is 0.0201. The van der Waals surface area contributed by atoms with Gasteiger partial charge >= 0.3 is 6.09 Å². The Hall–Kier alpha value is -1.30. The number of hydrogen-bond donors (Lipinski definition) is 0. The molecule has 0 saturated carbocycles. The highest BCUT2D eigenvalue weighted by Gasteiger charge is 2.43. The van der Waals surface area contributed by atoms with Crippen LogP contribution in [0.25, 0.3) is 0 Å². The molecule has 2 aliphatic rings. The van der Waals surface area contributed by atoms with Crippen LogP contribution >= 0.6 is 15.9 Å². The fraction of sp³-hybridized carbons (Fsp3) is 0.600. The van der Waals surface area contributed by atoms with Crippen molar-refractivity contribution >= 4 is 22.0 Å². The van der Waals surface area contributed by atoms with Gasteiger partial charge in [-0.05, 0) is 61.2 Å². The van der Waals surface area contributed by atoms with Crippen LogP contribution in [0.3, 0.4) is 0 Å². The van der Waals surface area contributed by atoms with Crippen LogP contribution in [0.2, 0.25) is 0 Å². The summed E-state index contributed by atoms with van der Waals surface area (Å²) < 4.78 is 7.84. The van der Waals surface area contributed by atoms with E-state index in [1.54, 1.807) is 15.5 Å². The number of fused-ring (bicyclic) bond motifs is 4. The molecule has 0 radical (unpaired) electrons. The second-order valence-corrected chi connectivity index (χ2v) is 7.63. The molecule has 114 valence electrons. The Morgan fingerprint density at radius 1 is 1.33 bits per heavy atom. The molecule has 1 amide bonds. The standard InChI is InChI=1S/C15H19BrN2O3/c1-15(2,3)21-14(20)18-8-9-6-12(18)11-5-4-10(16)13(19)17(11)7-9/h4-5,9,12H,6-8H2,1-3H3/t9-,12+/m0/s1. The number of nitrogens with zero attached hydrogens (tertiary/aromatic N) is 2. The molecule has 1 aromatic rings. The average molecular weight is 355 g/mol. The smallest absolute Gasteiger partial charge is 0.410 e. The van der Waals surface area contributed by atoms with Crippen molar-refractivity contribution in [1.29, 1.82) is 0 Å². The predicted octanol–water partition coefficient (Wildman–Crippen LogP) is 2.92. The van der Waals surface area contributed by atoms with Crippen LogP contribution in [0, 0.1) is 5.92 Å². The summed E-state index contributed by atoms with van der Waals surface area (Å²) in [4.78, 5) is 26.4. The van der Waals surface area contributed by atoms with Crippen LogP contribution in [0.4, 0.5) is 4.79 Å². The molecular formula is C15H19BrN2O3. The van der Waals surface area contributed by atoms with E-state index in [4.69, 9.17) is 4.74 Å². The highest BCUT2D eigenvalue weighted by molar-refractivity contribution is 9.10. The average Bonchev–Trinajstić information content (AvgIpc) is 2.71. The van der Waals surface area contributed by atoms with Gasteiger partial charge in [0.05, 0.1) is 10.5 Å². The van der Waals surface area contributed by atoms with Crippen LogP contribution in [0.15, 0.2) is 21.4 Å². The highest BCUT2D eigenvalue weighted by Crippen LogP contribution is 2.40. The summed E-state index contributed by atoms with van der Waals surface area (Å²) in [5, 5.41) is 0. The van der Waals surface area contributed by atoms with Crippen LogP contribution in [0.1, 0.15) is 38.9 Å². The highest BCUT2D eigenvalue weighted by atomic mass is 79.9. The van der Waals surface area contributed by atoms with Crippen molar-refractivity contribution in [2.75, 3.05) is 6.54 Å². The van der Waals surface area contributed by atoms with Gasteiger partial charge in [-0.1, -0.05) is 0 Å². The summed E-state index contributed by atoms with van der Waals surface area (Å²) in [5.41, 5.74) is 0.378. The Kier molecular flexibility index (Phi) is 3.39. The lowest BCUT2D eigenvalue weighted by Gasteiger charge is -2.30. The number of aromatic nitrogens is 1. The SMILES string of the molecule is CC(C)(C)OC(=O)N1C[C@H]2C[C@@H]1c1ccc(Br)c(=O)n1C2. The van der Waals surface area contributed by atoms with Gasteiger partial charge < -0.3 is 9.30 Å². The zero-order valence-electron chi connectivity index (χ0n) is 12.4. The van der Waals surface area contributed by atoms with Gasteiger partial charge in [-0.15, -0.1) is 0 Å². The van der Waals surface area contributed by atoms with Crippen LogP contribution in [-0.4, -0.2) is 27.7 Å². The molecule has 1 fully saturated rings. The molecule has 2 atom stereocenters. The van der Waals surface area contributed by atoms with Crippen molar-refractivity contribution in [3.05, 3.63) is 32.7 Å². The first kappa shape index (κ1) is 14.6. The molecule has 0 aromatic carbocycles. The molecule has 2 aliphatic heterocycles. The van der Waals surface area contributed by atoms with Gasteiger partial charge in [0.15, 0.2) is 0 Å². The van der Waals surface area contributed by atoms with Crippen LogP contribution in [-0.2, 0) is 11.3 Å². The maximum Gasteiger partial charge on any atom is 0.410 e. The molecule has 2 bridgehead atoms. The van der Waals surface area contributed by atoms with Gasteiger partial charge in [0, 0.05) is 18.8 Å². The molecule has 0 aliphatic carbocycles. The molecule has 6 heteroatoms. The Bertz CT molecular complexity index is 647. The third kappa shape index (κ3) is 2.61. The fourth-order valence-corrected chi connectivity index (χ4v) is 3.51. The molecule has 0 unspecified atom stereocenters. The number of rotatable bonds is 0. The largest absolute Gasteiger partial charge is 0.444 e. The summed E-state index contributed by atoms with van der Waals surface area (Å²) in [6.45, 7) is 6.91. The minimum atomic E-state index is -0.507. The summed E-state index contributed by atoms with van der Waals surface area (Å²) in [6, 6.07) is 3.63. The maximum atomic E-state index is 12.4. The van der Waals surface area contributed by atoms with E-state index in [-0.39, 0.29) is 17.7 Å². The number of hydrogen-bond acceptors (Lipinski definition) is 3. The lowest BCUT2D eigenvalue weighted by atomic mass is 9.98. The molecule has 21 heavy (non-hydrogen) atoms. The topological polar surface area (TPSA) is 51.5 Å². The lowest BCUT2D eigenvalue weighted by molar-refractivity contribution is 0.0220. The zero-order valence-corrected chi connectivity index (χ0v) is 14.0. The number of halogens is 1. The fourth-order valence-electron chi connectivity index (χ4n) is 3.16. The number of pyridine rings is 1. The summed E-state index contributed by atoms with van der Waals surface area (Å²) >= 11 is 3.28. The number of carbonyl (C=O) groups is 1. The van der Waals surface area contributed by atoms with Crippen molar-refractivity contribution in [3.63, 3.8) is 0 Å². The van der Waals surface area contributed by atoms with E-state index in [0.29, 0.717) is 23.5 Å². The lowest BCUT2D eigenvalue weighted by Crippen LogP contribution is -2.37. The molecule has 3 heterocycles. The normalized spacial score (nSPS) is 23.9. The van der Waals surface area contributed by atoms with Gasteiger partial charge in [0.25, 0.3) is 5.56 Å². The van der Waals surface area contributed by atoms with Crippen molar-refractivity contribution in [3.8, 4) is 0 Å². The minimum Gasteiger partial charge on any atom is -0.444 e. The Morgan fingerprint density at radius 3 is 2.71 bits per heavy atom. The van der Waals surface area contributed by atoms with E-state index >= 15 is 0 Å². The Balaban J connectivity index is 1.94. The van der Waals surface area contributed by atoms with E-state index in [1.165, 1.54) is 0 Å². The first-order chi connectivity index (χ1) is 9.76. The molecule has 1 saturated heterocycles. The summed E-state index contributed by atoms with van der Waals surface area (Å²) in [7, 11) is 0. The van der Waals surface area contributed by atoms with E-state index in [0.717, 1.165) is 12.1 Å². The van der Waals surface area contributed by atoms with Crippen LogP contribution in [0.5, 0.6) is 0 Å². The summed E-state index contributed by atoms with van der Waals surface area (Å²) in [6.07, 6.45) is 0.610. The Labute approximate surface area is 132 Å². The third-order valence-corrected chi connectivity index (χ3v) is 4.56. The van der Waals surface area contributed by atoms with Gasteiger partial charge in [0.2, 0.25) is 0 Å². The third-order valence-electron chi connectivity index (χ3n) is 3.96.